The minimum atomic E-state index is 0.694. The second-order valence-corrected chi connectivity index (χ2v) is 3.10. The number of pyridine rings is 1. The summed E-state index contributed by atoms with van der Waals surface area (Å²) in [7, 11) is 0. The summed E-state index contributed by atoms with van der Waals surface area (Å²) in [4.78, 5) is 7.24. The predicted molar refractivity (Wildman–Crippen MR) is 56.8 cm³/mol. The molecule has 0 aliphatic carbocycles. The summed E-state index contributed by atoms with van der Waals surface area (Å²) in [5, 5.41) is 1.77. The van der Waals surface area contributed by atoms with Gasteiger partial charge in [0.1, 0.15) is 5.65 Å². The molecule has 2 rings (SSSR count). The van der Waals surface area contributed by atoms with E-state index < -0.39 is 0 Å². The molecule has 0 atom stereocenters. The number of fused-ring (bicyclic) bond motifs is 1. The van der Waals surface area contributed by atoms with E-state index in [0.717, 1.165) is 16.6 Å². The van der Waals surface area contributed by atoms with Crippen LogP contribution in [0.5, 0.6) is 0 Å². The number of nitrogens with one attached hydrogen (secondary N) is 1. The van der Waals surface area contributed by atoms with E-state index in [1.807, 2.05) is 18.3 Å². The van der Waals surface area contributed by atoms with Crippen LogP contribution in [0.1, 0.15) is 5.56 Å². The standard InChI is InChI=1S/C10H7BrN2/c11-5-1-3-8-7-13-10-9(8)4-2-6-12-10/h2,4,6-7H,5H2,(H,12,13). The summed E-state index contributed by atoms with van der Waals surface area (Å²) in [5.41, 5.74) is 1.89. The highest BCUT2D eigenvalue weighted by molar-refractivity contribution is 9.09. The van der Waals surface area contributed by atoms with Crippen molar-refractivity contribution in [1.29, 1.82) is 0 Å². The van der Waals surface area contributed by atoms with E-state index in [-0.39, 0.29) is 0 Å². The first-order chi connectivity index (χ1) is 6.42. The van der Waals surface area contributed by atoms with Gasteiger partial charge >= 0.3 is 0 Å². The smallest absolute Gasteiger partial charge is 0.138 e. The van der Waals surface area contributed by atoms with Crippen LogP contribution in [0.25, 0.3) is 11.0 Å². The summed E-state index contributed by atoms with van der Waals surface area (Å²) in [6, 6.07) is 3.92. The summed E-state index contributed by atoms with van der Waals surface area (Å²) in [6.45, 7) is 0. The molecule has 0 radical (unpaired) electrons. The fraction of sp³-hybridized carbons (Fsp3) is 0.100. The minimum absolute atomic E-state index is 0.694. The van der Waals surface area contributed by atoms with Crippen LogP contribution in [0.3, 0.4) is 0 Å². The molecule has 2 aromatic heterocycles. The number of H-pyrrole nitrogens is 1. The molecular weight excluding hydrogens is 228 g/mol. The first kappa shape index (κ1) is 8.33. The average Bonchev–Trinajstić information content (AvgIpc) is 2.58. The van der Waals surface area contributed by atoms with Gasteiger partial charge < -0.3 is 4.98 Å². The van der Waals surface area contributed by atoms with Crippen LogP contribution in [0.2, 0.25) is 0 Å². The number of hydrogen-bond acceptors (Lipinski definition) is 1. The topological polar surface area (TPSA) is 28.7 Å². The van der Waals surface area contributed by atoms with Gasteiger partial charge in [0.25, 0.3) is 0 Å². The van der Waals surface area contributed by atoms with E-state index in [1.165, 1.54) is 0 Å². The van der Waals surface area contributed by atoms with Gasteiger partial charge in [-0.05, 0) is 12.1 Å². The van der Waals surface area contributed by atoms with Crippen molar-refractivity contribution in [3.05, 3.63) is 30.1 Å². The first-order valence-corrected chi connectivity index (χ1v) is 5.01. The number of halogens is 1. The number of aromatic nitrogens is 2. The second kappa shape index (κ2) is 3.63. The van der Waals surface area contributed by atoms with Gasteiger partial charge in [-0.2, -0.15) is 0 Å². The number of hydrogen-bond donors (Lipinski definition) is 1. The van der Waals surface area contributed by atoms with Gasteiger partial charge in [-0.25, -0.2) is 4.98 Å². The molecule has 2 aromatic rings. The molecule has 0 spiro atoms. The van der Waals surface area contributed by atoms with Crippen LogP contribution in [0, 0.1) is 11.8 Å². The van der Waals surface area contributed by atoms with E-state index in [1.54, 1.807) is 6.20 Å². The lowest BCUT2D eigenvalue weighted by Gasteiger charge is -1.86. The molecule has 0 aliphatic rings. The maximum Gasteiger partial charge on any atom is 0.138 e. The molecule has 3 heteroatoms. The third kappa shape index (κ3) is 1.58. The van der Waals surface area contributed by atoms with E-state index in [4.69, 9.17) is 0 Å². The number of nitrogens with zero attached hydrogens (tertiary/aromatic N) is 1. The fourth-order valence-corrected chi connectivity index (χ4v) is 1.33. The Labute approximate surface area is 84.5 Å². The van der Waals surface area contributed by atoms with Crippen molar-refractivity contribution in [3.8, 4) is 11.8 Å². The first-order valence-electron chi connectivity index (χ1n) is 3.89. The summed E-state index contributed by atoms with van der Waals surface area (Å²) in [6.07, 6.45) is 3.65. The normalized spacial score (nSPS) is 9.62. The van der Waals surface area contributed by atoms with Crippen molar-refractivity contribution in [3.63, 3.8) is 0 Å². The number of alkyl halides is 1. The van der Waals surface area contributed by atoms with Crippen molar-refractivity contribution in [1.82, 2.24) is 9.97 Å². The second-order valence-electron chi connectivity index (χ2n) is 2.54. The molecule has 0 saturated heterocycles. The molecule has 0 fully saturated rings. The molecule has 0 aliphatic heterocycles. The lowest BCUT2D eigenvalue weighted by Crippen LogP contribution is -1.73. The van der Waals surface area contributed by atoms with Gasteiger partial charge in [-0.1, -0.05) is 27.8 Å². The van der Waals surface area contributed by atoms with Crippen LogP contribution in [-0.4, -0.2) is 15.3 Å². The Morgan fingerprint density at radius 1 is 1.54 bits per heavy atom. The molecule has 0 unspecified atom stereocenters. The predicted octanol–water partition coefficient (Wildman–Crippen LogP) is 2.31. The van der Waals surface area contributed by atoms with Crippen LogP contribution < -0.4 is 0 Å². The van der Waals surface area contributed by atoms with Crippen LogP contribution >= 0.6 is 15.9 Å². The largest absolute Gasteiger partial charge is 0.345 e. The third-order valence-corrected chi connectivity index (χ3v) is 2.02. The van der Waals surface area contributed by atoms with E-state index in [2.05, 4.69) is 37.7 Å². The monoisotopic (exact) mass is 234 g/mol. The molecule has 0 aromatic carbocycles. The molecule has 0 amide bonds. The van der Waals surface area contributed by atoms with Gasteiger partial charge in [0.2, 0.25) is 0 Å². The molecule has 0 saturated carbocycles. The van der Waals surface area contributed by atoms with E-state index in [0.29, 0.717) is 5.33 Å². The van der Waals surface area contributed by atoms with Crippen molar-refractivity contribution in [2.75, 3.05) is 5.33 Å². The summed E-state index contributed by atoms with van der Waals surface area (Å²) >= 11 is 3.26. The van der Waals surface area contributed by atoms with Gasteiger partial charge in [-0.15, -0.1) is 0 Å². The third-order valence-electron chi connectivity index (χ3n) is 1.74. The molecule has 2 nitrogen and oxygen atoms in total. The quantitative estimate of drug-likeness (QED) is 0.550. The van der Waals surface area contributed by atoms with E-state index >= 15 is 0 Å². The zero-order valence-electron chi connectivity index (χ0n) is 6.84. The SMILES string of the molecule is BrCC#Cc1c[nH]c2ncccc12. The molecular formula is C10H7BrN2. The minimum Gasteiger partial charge on any atom is -0.345 e. The highest BCUT2D eigenvalue weighted by Crippen LogP contribution is 2.13. The highest BCUT2D eigenvalue weighted by atomic mass is 79.9. The van der Waals surface area contributed by atoms with Crippen molar-refractivity contribution < 1.29 is 0 Å². The van der Waals surface area contributed by atoms with Gasteiger partial charge in [0.15, 0.2) is 0 Å². The zero-order valence-corrected chi connectivity index (χ0v) is 8.43. The molecule has 1 N–H and O–H groups in total. The van der Waals surface area contributed by atoms with Gasteiger partial charge in [-0.3, -0.25) is 0 Å². The highest BCUT2D eigenvalue weighted by Gasteiger charge is 1.99. The lowest BCUT2D eigenvalue weighted by atomic mass is 10.2. The maximum atomic E-state index is 4.17. The average molecular weight is 235 g/mol. The molecule has 2 heterocycles. The maximum absolute atomic E-state index is 4.17. The lowest BCUT2D eigenvalue weighted by molar-refractivity contribution is 1.33. The Bertz CT molecular complexity index is 476. The van der Waals surface area contributed by atoms with Crippen LogP contribution in [0.4, 0.5) is 0 Å². The summed E-state index contributed by atoms with van der Waals surface area (Å²) in [5.74, 6) is 6.01. The fourth-order valence-electron chi connectivity index (χ4n) is 1.19. The molecule has 13 heavy (non-hydrogen) atoms. The van der Waals surface area contributed by atoms with Crippen molar-refractivity contribution >= 4 is 27.0 Å². The Balaban J connectivity index is 2.58. The Kier molecular flexibility index (Phi) is 2.33. The van der Waals surface area contributed by atoms with E-state index in [9.17, 15) is 0 Å². The van der Waals surface area contributed by atoms with Gasteiger partial charge in [0, 0.05) is 17.8 Å². The molecule has 64 valence electrons. The van der Waals surface area contributed by atoms with Crippen LogP contribution in [-0.2, 0) is 0 Å². The number of aromatic amines is 1. The zero-order chi connectivity index (χ0) is 9.10. The summed E-state index contributed by atoms with van der Waals surface area (Å²) < 4.78 is 0. The molecule has 0 bridgehead atoms. The number of rotatable bonds is 0. The Morgan fingerprint density at radius 3 is 3.31 bits per heavy atom. The Morgan fingerprint density at radius 2 is 2.46 bits per heavy atom. The van der Waals surface area contributed by atoms with Gasteiger partial charge in [0.05, 0.1) is 10.9 Å². The van der Waals surface area contributed by atoms with Crippen molar-refractivity contribution in [2.45, 2.75) is 0 Å². The van der Waals surface area contributed by atoms with Crippen molar-refractivity contribution in [2.24, 2.45) is 0 Å². The Hall–Kier alpha value is -1.27. The van der Waals surface area contributed by atoms with Crippen LogP contribution in [0.15, 0.2) is 24.5 Å².